The summed E-state index contributed by atoms with van der Waals surface area (Å²) in [5.41, 5.74) is 0. The van der Waals surface area contributed by atoms with Gasteiger partial charge in [0.2, 0.25) is 0 Å². The van der Waals surface area contributed by atoms with E-state index in [1.165, 1.54) is 0 Å². The molecule has 0 atom stereocenters. The van der Waals surface area contributed by atoms with Crippen LogP contribution in [0.2, 0.25) is 0 Å². The number of hydrogen-bond donors (Lipinski definition) is 0. The molecule has 2 aromatic carbocycles. The van der Waals surface area contributed by atoms with Crippen LogP contribution >= 0.6 is 15.9 Å². The lowest BCUT2D eigenvalue weighted by Gasteiger charge is -1.97. The second-order valence-corrected chi connectivity index (χ2v) is 3.24. The van der Waals surface area contributed by atoms with Crippen molar-refractivity contribution in [1.29, 1.82) is 0 Å². The first-order valence-corrected chi connectivity index (χ1v) is 4.21. The van der Waals surface area contributed by atoms with E-state index in [9.17, 15) is 0 Å². The number of hydrogen-bond acceptors (Lipinski definition) is 0. The Kier molecular flexibility index (Phi) is 1.40. The van der Waals surface area contributed by atoms with E-state index >= 15 is 0 Å². The molecule has 0 radical (unpaired) electrons. The van der Waals surface area contributed by atoms with Crippen LogP contribution < -0.4 is 0 Å². The maximum Gasteiger partial charge on any atom is 0.0623 e. The molecular formula is C10H7Br. The SMILES string of the molecule is [2H]c1cc(Br)c2ccccc2c1. The molecule has 0 aromatic heterocycles. The van der Waals surface area contributed by atoms with Gasteiger partial charge in [-0.05, 0) is 16.8 Å². The highest BCUT2D eigenvalue weighted by Gasteiger charge is 1.93. The number of rotatable bonds is 0. The van der Waals surface area contributed by atoms with Gasteiger partial charge in [-0.25, -0.2) is 0 Å². The van der Waals surface area contributed by atoms with Crippen molar-refractivity contribution in [2.75, 3.05) is 0 Å². The summed E-state index contributed by atoms with van der Waals surface area (Å²) in [6.45, 7) is 0. The fourth-order valence-corrected chi connectivity index (χ4v) is 1.62. The van der Waals surface area contributed by atoms with E-state index in [0.29, 0.717) is 6.04 Å². The molecule has 2 rings (SSSR count). The van der Waals surface area contributed by atoms with E-state index in [4.69, 9.17) is 1.37 Å². The highest BCUT2D eigenvalue weighted by molar-refractivity contribution is 9.10. The topological polar surface area (TPSA) is 0 Å². The Morgan fingerprint density at radius 3 is 2.82 bits per heavy atom. The van der Waals surface area contributed by atoms with Gasteiger partial charge in [-0.15, -0.1) is 0 Å². The first kappa shape index (κ1) is 5.78. The van der Waals surface area contributed by atoms with Crippen LogP contribution in [0.15, 0.2) is 46.9 Å². The number of fused-ring (bicyclic) bond motifs is 1. The van der Waals surface area contributed by atoms with Gasteiger partial charge in [0.05, 0.1) is 1.37 Å². The molecule has 0 bridgehead atoms. The molecule has 1 heteroatoms. The molecule has 0 saturated heterocycles. The lowest BCUT2D eigenvalue weighted by atomic mass is 10.1. The van der Waals surface area contributed by atoms with E-state index in [0.717, 1.165) is 15.2 Å². The van der Waals surface area contributed by atoms with Crippen molar-refractivity contribution in [3.8, 4) is 0 Å². The predicted molar refractivity (Wildman–Crippen MR) is 51.6 cm³/mol. The largest absolute Gasteiger partial charge is 0.0623 e. The Bertz CT molecular complexity index is 423. The lowest BCUT2D eigenvalue weighted by molar-refractivity contribution is 1.71. The van der Waals surface area contributed by atoms with Gasteiger partial charge >= 0.3 is 0 Å². The zero-order valence-electron chi connectivity index (χ0n) is 6.84. The molecule has 0 nitrogen and oxygen atoms in total. The highest BCUT2D eigenvalue weighted by atomic mass is 79.9. The highest BCUT2D eigenvalue weighted by Crippen LogP contribution is 2.22. The smallest absolute Gasteiger partial charge is 0.0616 e. The fraction of sp³-hybridized carbons (Fsp3) is 0. The molecule has 0 saturated carbocycles. The Labute approximate surface area is 75.4 Å². The van der Waals surface area contributed by atoms with E-state index in [1.54, 1.807) is 0 Å². The summed E-state index contributed by atoms with van der Waals surface area (Å²) in [5.74, 6) is 0. The molecule has 0 spiro atoms. The maximum atomic E-state index is 7.49. The molecule has 0 unspecified atom stereocenters. The van der Waals surface area contributed by atoms with E-state index in [2.05, 4.69) is 15.9 Å². The van der Waals surface area contributed by atoms with E-state index in [1.807, 2.05) is 36.4 Å². The minimum absolute atomic E-state index is 0.542. The normalized spacial score (nSPS) is 11.5. The average Bonchev–Trinajstić information content (AvgIpc) is 2.04. The maximum absolute atomic E-state index is 7.49. The molecular weight excluding hydrogens is 200 g/mol. The van der Waals surface area contributed by atoms with Gasteiger partial charge in [0.1, 0.15) is 0 Å². The van der Waals surface area contributed by atoms with Crippen molar-refractivity contribution >= 4 is 26.7 Å². The Balaban J connectivity index is 2.89. The van der Waals surface area contributed by atoms with Crippen molar-refractivity contribution in [2.24, 2.45) is 0 Å². The van der Waals surface area contributed by atoms with Gasteiger partial charge in [-0.1, -0.05) is 52.3 Å². The van der Waals surface area contributed by atoms with Crippen molar-refractivity contribution in [3.05, 3.63) is 46.9 Å². The van der Waals surface area contributed by atoms with Crippen LogP contribution in [0.3, 0.4) is 0 Å². The monoisotopic (exact) mass is 207 g/mol. The fourth-order valence-electron chi connectivity index (χ4n) is 1.12. The zero-order valence-corrected chi connectivity index (χ0v) is 7.43. The van der Waals surface area contributed by atoms with Gasteiger partial charge in [0, 0.05) is 4.47 Å². The van der Waals surface area contributed by atoms with Gasteiger partial charge in [-0.2, -0.15) is 0 Å². The average molecular weight is 208 g/mol. The molecule has 2 aromatic rings. The Morgan fingerprint density at radius 1 is 1.09 bits per heavy atom. The minimum Gasteiger partial charge on any atom is -0.0616 e. The van der Waals surface area contributed by atoms with Crippen LogP contribution in [0.25, 0.3) is 10.8 Å². The molecule has 0 amide bonds. The first-order valence-electron chi connectivity index (χ1n) is 3.92. The van der Waals surface area contributed by atoms with Crippen LogP contribution in [0, 0.1) is 0 Å². The second kappa shape index (κ2) is 2.67. The van der Waals surface area contributed by atoms with Gasteiger partial charge in [0.25, 0.3) is 0 Å². The first-order chi connectivity index (χ1) is 5.77. The molecule has 0 aliphatic rings. The Hall–Kier alpha value is -0.820. The van der Waals surface area contributed by atoms with E-state index < -0.39 is 0 Å². The zero-order chi connectivity index (χ0) is 8.55. The lowest BCUT2D eigenvalue weighted by Crippen LogP contribution is -1.71. The quantitative estimate of drug-likeness (QED) is 0.620. The summed E-state index contributed by atoms with van der Waals surface area (Å²) in [6, 6.07) is 12.2. The van der Waals surface area contributed by atoms with Crippen molar-refractivity contribution in [2.45, 2.75) is 0 Å². The van der Waals surface area contributed by atoms with Crippen LogP contribution in [0.1, 0.15) is 1.37 Å². The van der Waals surface area contributed by atoms with Gasteiger partial charge < -0.3 is 0 Å². The van der Waals surface area contributed by atoms with Crippen LogP contribution in [0.5, 0.6) is 0 Å². The number of benzene rings is 2. The predicted octanol–water partition coefficient (Wildman–Crippen LogP) is 3.60. The molecule has 54 valence electrons. The van der Waals surface area contributed by atoms with Gasteiger partial charge in [-0.3, -0.25) is 0 Å². The standard InChI is InChI=1S/C10H7Br/c11-10-7-3-5-8-4-1-2-6-9(8)10/h1-7H/i3D. The third kappa shape index (κ3) is 1.16. The third-order valence-corrected chi connectivity index (χ3v) is 2.32. The molecule has 0 aliphatic carbocycles. The molecule has 0 heterocycles. The Morgan fingerprint density at radius 2 is 1.91 bits per heavy atom. The minimum atomic E-state index is 0.542. The van der Waals surface area contributed by atoms with Crippen molar-refractivity contribution in [3.63, 3.8) is 0 Å². The van der Waals surface area contributed by atoms with Crippen molar-refractivity contribution < 1.29 is 1.37 Å². The summed E-state index contributed by atoms with van der Waals surface area (Å²) in [6.07, 6.45) is 0. The summed E-state index contributed by atoms with van der Waals surface area (Å²) in [4.78, 5) is 0. The molecule has 0 aliphatic heterocycles. The molecule has 0 fully saturated rings. The summed E-state index contributed by atoms with van der Waals surface area (Å²) < 4.78 is 8.48. The number of halogens is 1. The summed E-state index contributed by atoms with van der Waals surface area (Å²) in [7, 11) is 0. The third-order valence-electron chi connectivity index (χ3n) is 1.67. The molecule has 0 N–H and O–H groups in total. The second-order valence-electron chi connectivity index (χ2n) is 2.39. The van der Waals surface area contributed by atoms with E-state index in [-0.39, 0.29) is 0 Å². The van der Waals surface area contributed by atoms with Crippen molar-refractivity contribution in [1.82, 2.24) is 0 Å². The summed E-state index contributed by atoms with van der Waals surface area (Å²) in [5, 5.41) is 2.27. The van der Waals surface area contributed by atoms with Gasteiger partial charge in [0.15, 0.2) is 0 Å². The summed E-state index contributed by atoms with van der Waals surface area (Å²) >= 11 is 3.43. The molecule has 11 heavy (non-hydrogen) atoms. The van der Waals surface area contributed by atoms with Crippen LogP contribution in [0.4, 0.5) is 0 Å². The van der Waals surface area contributed by atoms with Crippen LogP contribution in [-0.4, -0.2) is 0 Å². The van der Waals surface area contributed by atoms with Crippen LogP contribution in [-0.2, 0) is 0 Å².